The molecule has 0 N–H and O–H groups in total. The Balaban J connectivity index is 2.27. The van der Waals surface area contributed by atoms with Crippen molar-refractivity contribution < 1.29 is 13.3 Å². The van der Waals surface area contributed by atoms with Gasteiger partial charge in [0.25, 0.3) is 0 Å². The van der Waals surface area contributed by atoms with E-state index in [0.717, 1.165) is 24.1 Å². The molecule has 1 fully saturated rings. The molecule has 2 unspecified atom stereocenters. The topological polar surface area (TPSA) is 27.7 Å². The Morgan fingerprint density at radius 2 is 1.60 bits per heavy atom. The van der Waals surface area contributed by atoms with Gasteiger partial charge in [0.2, 0.25) is 0 Å². The predicted molar refractivity (Wildman–Crippen MR) is 86.8 cm³/mol. The van der Waals surface area contributed by atoms with Crippen LogP contribution >= 0.6 is 12.2 Å². The van der Waals surface area contributed by atoms with Crippen molar-refractivity contribution in [2.24, 2.45) is 11.8 Å². The quantitative estimate of drug-likeness (QED) is 0.504. The van der Waals surface area contributed by atoms with Gasteiger partial charge in [-0.2, -0.15) is 0 Å². The third-order valence-electron chi connectivity index (χ3n) is 4.33. The van der Waals surface area contributed by atoms with Gasteiger partial charge in [0.15, 0.2) is 0 Å². The smallest absolute Gasteiger partial charge is 0.370 e. The molecule has 0 aromatic heterocycles. The van der Waals surface area contributed by atoms with Gasteiger partial charge in [0, 0.05) is 19.8 Å². The van der Waals surface area contributed by atoms with Crippen LogP contribution in [0, 0.1) is 11.8 Å². The fraction of sp³-hybridized carbons (Fsp3) is 0.800. The van der Waals surface area contributed by atoms with Gasteiger partial charge in [-0.05, 0) is 68.9 Å². The Labute approximate surface area is 129 Å². The average Bonchev–Trinajstić information content (AvgIpc) is 2.99. The van der Waals surface area contributed by atoms with E-state index < -0.39 is 8.80 Å². The maximum Gasteiger partial charge on any atom is 0.532 e. The second-order valence-electron chi connectivity index (χ2n) is 5.53. The van der Waals surface area contributed by atoms with E-state index in [9.17, 15) is 0 Å². The summed E-state index contributed by atoms with van der Waals surface area (Å²) in [6.45, 7) is 10.1. The van der Waals surface area contributed by atoms with Gasteiger partial charge in [-0.15, -0.1) is 0 Å². The first-order valence-electron chi connectivity index (χ1n) is 7.71. The van der Waals surface area contributed by atoms with Crippen molar-refractivity contribution in [1.82, 2.24) is 0 Å². The lowest BCUT2D eigenvalue weighted by molar-refractivity contribution is 0.0790. The molecule has 0 spiro atoms. The second kappa shape index (κ2) is 6.79. The van der Waals surface area contributed by atoms with Crippen LogP contribution in [0.15, 0.2) is 10.8 Å². The van der Waals surface area contributed by atoms with E-state index in [-0.39, 0.29) is 0 Å². The first kappa shape index (κ1) is 16.3. The van der Waals surface area contributed by atoms with Gasteiger partial charge in [-0.3, -0.25) is 0 Å². The predicted octanol–water partition coefficient (Wildman–Crippen LogP) is 3.69. The van der Waals surface area contributed by atoms with Crippen molar-refractivity contribution in [3.63, 3.8) is 0 Å². The van der Waals surface area contributed by atoms with Crippen molar-refractivity contribution in [2.45, 2.75) is 47.0 Å². The van der Waals surface area contributed by atoms with E-state index >= 15 is 0 Å². The molecule has 0 saturated heterocycles. The third kappa shape index (κ3) is 2.92. The maximum absolute atomic E-state index is 6.05. The SMILES string of the molecule is CCO[Si](OCC)(OCC)C1=C2CC(C1)C(C(C)=S)C2. The summed E-state index contributed by atoms with van der Waals surface area (Å²) in [5.41, 5.74) is 1.51. The minimum atomic E-state index is -2.64. The van der Waals surface area contributed by atoms with E-state index in [2.05, 4.69) is 6.92 Å². The van der Waals surface area contributed by atoms with Gasteiger partial charge in [-0.1, -0.05) is 17.8 Å². The Morgan fingerprint density at radius 3 is 1.95 bits per heavy atom. The number of fused-ring (bicyclic) bond motifs is 2. The first-order chi connectivity index (χ1) is 9.57. The number of hydrogen-bond acceptors (Lipinski definition) is 4. The van der Waals surface area contributed by atoms with Crippen LogP contribution in [0.4, 0.5) is 0 Å². The summed E-state index contributed by atoms with van der Waals surface area (Å²) in [4.78, 5) is 1.15. The zero-order chi connectivity index (χ0) is 14.8. The third-order valence-corrected chi connectivity index (χ3v) is 7.94. The molecule has 3 nitrogen and oxygen atoms in total. The molecule has 0 aromatic carbocycles. The van der Waals surface area contributed by atoms with Crippen molar-refractivity contribution in [2.75, 3.05) is 19.8 Å². The molecular formula is C15H26O3SSi. The highest BCUT2D eigenvalue weighted by Crippen LogP contribution is 2.51. The summed E-state index contributed by atoms with van der Waals surface area (Å²) in [5.74, 6) is 1.24. The number of thiocarbonyl (C=S) groups is 1. The Kier molecular flexibility index (Phi) is 5.54. The van der Waals surface area contributed by atoms with E-state index in [4.69, 9.17) is 25.5 Å². The van der Waals surface area contributed by atoms with Crippen LogP contribution in [-0.2, 0) is 13.3 Å². The number of rotatable bonds is 8. The molecule has 2 rings (SSSR count). The molecule has 2 aliphatic carbocycles. The zero-order valence-electron chi connectivity index (χ0n) is 13.0. The van der Waals surface area contributed by atoms with Crippen molar-refractivity contribution in [3.8, 4) is 0 Å². The molecule has 2 bridgehead atoms. The molecule has 114 valence electrons. The largest absolute Gasteiger partial charge is 0.532 e. The van der Waals surface area contributed by atoms with Gasteiger partial charge in [-0.25, -0.2) is 0 Å². The van der Waals surface area contributed by atoms with Crippen LogP contribution in [0.2, 0.25) is 0 Å². The molecule has 0 radical (unpaired) electrons. The lowest BCUT2D eigenvalue weighted by Crippen LogP contribution is -2.49. The Morgan fingerprint density at radius 1 is 1.05 bits per heavy atom. The molecule has 0 heterocycles. The molecular weight excluding hydrogens is 288 g/mol. The summed E-state index contributed by atoms with van der Waals surface area (Å²) in [7, 11) is -2.64. The Bertz CT molecular complexity index is 391. The summed E-state index contributed by atoms with van der Waals surface area (Å²) >= 11 is 5.40. The van der Waals surface area contributed by atoms with E-state index in [1.807, 2.05) is 20.8 Å². The first-order valence-corrected chi connectivity index (χ1v) is 9.84. The van der Waals surface area contributed by atoms with Gasteiger partial charge in [0.05, 0.1) is 0 Å². The number of allylic oxidation sites excluding steroid dienone is 2. The minimum absolute atomic E-state index is 0.584. The summed E-state index contributed by atoms with van der Waals surface area (Å²) < 4.78 is 18.1. The van der Waals surface area contributed by atoms with Gasteiger partial charge < -0.3 is 13.3 Å². The van der Waals surface area contributed by atoms with Crippen LogP contribution in [0.3, 0.4) is 0 Å². The molecule has 20 heavy (non-hydrogen) atoms. The second-order valence-corrected chi connectivity index (χ2v) is 8.75. The van der Waals surface area contributed by atoms with E-state index in [0.29, 0.717) is 31.7 Å². The molecule has 2 aliphatic rings. The van der Waals surface area contributed by atoms with Crippen LogP contribution in [0.1, 0.15) is 47.0 Å². The standard InChI is InChI=1S/C15H26O3SSi/c1-5-16-20(17-6-2,18-7-3)15-10-12-8-13(15)9-14(12)11(4)19/h12,14H,5-10H2,1-4H3. The monoisotopic (exact) mass is 314 g/mol. The zero-order valence-corrected chi connectivity index (χ0v) is 14.8. The number of hydrogen-bond donors (Lipinski definition) is 0. The lowest BCUT2D eigenvalue weighted by atomic mass is 9.89. The van der Waals surface area contributed by atoms with Crippen molar-refractivity contribution >= 4 is 25.9 Å². The highest BCUT2D eigenvalue weighted by atomic mass is 32.1. The van der Waals surface area contributed by atoms with Crippen LogP contribution in [0.25, 0.3) is 0 Å². The van der Waals surface area contributed by atoms with E-state index in [1.54, 1.807) is 0 Å². The van der Waals surface area contributed by atoms with Crippen LogP contribution in [0.5, 0.6) is 0 Å². The molecule has 5 heteroatoms. The van der Waals surface area contributed by atoms with Crippen LogP contribution < -0.4 is 0 Å². The molecule has 1 saturated carbocycles. The Hall–Kier alpha value is -0.0731. The fourth-order valence-electron chi connectivity index (χ4n) is 3.62. The molecule has 0 aliphatic heterocycles. The lowest BCUT2D eigenvalue weighted by Gasteiger charge is -2.33. The molecule has 2 atom stereocenters. The molecule has 0 amide bonds. The minimum Gasteiger partial charge on any atom is -0.370 e. The maximum atomic E-state index is 6.05. The van der Waals surface area contributed by atoms with Gasteiger partial charge >= 0.3 is 8.80 Å². The normalized spacial score (nSPS) is 25.6. The van der Waals surface area contributed by atoms with E-state index in [1.165, 1.54) is 10.8 Å². The molecule has 0 aromatic rings. The summed E-state index contributed by atoms with van der Waals surface area (Å²) in [6.07, 6.45) is 3.31. The highest BCUT2D eigenvalue weighted by Gasteiger charge is 2.53. The highest BCUT2D eigenvalue weighted by molar-refractivity contribution is 7.80. The van der Waals surface area contributed by atoms with Crippen LogP contribution in [-0.4, -0.2) is 33.5 Å². The van der Waals surface area contributed by atoms with Crippen molar-refractivity contribution in [1.29, 1.82) is 0 Å². The summed E-state index contributed by atoms with van der Waals surface area (Å²) in [6, 6.07) is 0. The average molecular weight is 315 g/mol. The fourth-order valence-corrected chi connectivity index (χ4v) is 6.95. The summed E-state index contributed by atoms with van der Waals surface area (Å²) in [5, 5.41) is 1.36. The van der Waals surface area contributed by atoms with Crippen molar-refractivity contribution in [3.05, 3.63) is 10.8 Å². The van der Waals surface area contributed by atoms with Gasteiger partial charge in [0.1, 0.15) is 0 Å².